The van der Waals surface area contributed by atoms with Gasteiger partial charge in [0.05, 0.1) is 6.61 Å². The molecule has 10 heavy (non-hydrogen) atoms. The third kappa shape index (κ3) is 7.14. The number of carbonyl (C=O) groups excluding carboxylic acids is 2. The summed E-state index contributed by atoms with van der Waals surface area (Å²) in [7, 11) is 0. The predicted octanol–water partition coefficient (Wildman–Crippen LogP) is 0.919. The average Bonchev–Trinajstić information content (AvgIpc) is 1.87. The van der Waals surface area contributed by atoms with Gasteiger partial charge in [0, 0.05) is 13.3 Å². The molecule has 0 aromatic heterocycles. The molecule has 0 bridgehead atoms. The van der Waals surface area contributed by atoms with E-state index < -0.39 is 0 Å². The van der Waals surface area contributed by atoms with Gasteiger partial charge in [0.15, 0.2) is 0 Å². The van der Waals surface area contributed by atoms with Crippen LogP contribution in [-0.2, 0) is 14.3 Å². The van der Waals surface area contributed by atoms with Crippen molar-refractivity contribution >= 4 is 12.3 Å². The molecular formula is C7H12O3. The minimum atomic E-state index is -0.258. The van der Waals surface area contributed by atoms with Crippen LogP contribution in [0.1, 0.15) is 26.2 Å². The van der Waals surface area contributed by atoms with Crippen molar-refractivity contribution in [3.8, 4) is 0 Å². The molecule has 0 aliphatic carbocycles. The Hall–Kier alpha value is -0.860. The first kappa shape index (κ1) is 9.14. The predicted molar refractivity (Wildman–Crippen MR) is 36.5 cm³/mol. The van der Waals surface area contributed by atoms with E-state index in [-0.39, 0.29) is 5.97 Å². The fourth-order valence-corrected chi connectivity index (χ4v) is 0.546. The monoisotopic (exact) mass is 144 g/mol. The molecule has 58 valence electrons. The van der Waals surface area contributed by atoms with Crippen molar-refractivity contribution in [1.82, 2.24) is 0 Å². The molecule has 0 amide bonds. The number of aldehydes is 1. The number of carbonyl (C=O) groups is 2. The molecular weight excluding hydrogens is 132 g/mol. The summed E-state index contributed by atoms with van der Waals surface area (Å²) in [5.74, 6) is -0.258. The van der Waals surface area contributed by atoms with Crippen LogP contribution >= 0.6 is 0 Å². The van der Waals surface area contributed by atoms with Crippen LogP contribution in [0.2, 0.25) is 0 Å². The van der Waals surface area contributed by atoms with Gasteiger partial charge < -0.3 is 9.53 Å². The molecule has 3 heteroatoms. The molecule has 0 aromatic rings. The summed E-state index contributed by atoms with van der Waals surface area (Å²) in [4.78, 5) is 20.0. The lowest BCUT2D eigenvalue weighted by Gasteiger charge is -1.97. The number of esters is 1. The van der Waals surface area contributed by atoms with E-state index in [4.69, 9.17) is 0 Å². The molecule has 3 nitrogen and oxygen atoms in total. The van der Waals surface area contributed by atoms with E-state index in [1.54, 1.807) is 0 Å². The molecule has 0 spiro atoms. The molecule has 0 aromatic carbocycles. The van der Waals surface area contributed by atoms with Gasteiger partial charge in [-0.2, -0.15) is 0 Å². The highest BCUT2D eigenvalue weighted by Gasteiger charge is 1.91. The van der Waals surface area contributed by atoms with E-state index in [0.29, 0.717) is 13.0 Å². The van der Waals surface area contributed by atoms with Crippen molar-refractivity contribution in [3.63, 3.8) is 0 Å². The largest absolute Gasteiger partial charge is 0.466 e. The lowest BCUT2D eigenvalue weighted by Crippen LogP contribution is -2.00. The summed E-state index contributed by atoms with van der Waals surface area (Å²) in [5.41, 5.74) is 0. The minimum Gasteiger partial charge on any atom is -0.466 e. The van der Waals surface area contributed by atoms with Crippen LogP contribution in [0.4, 0.5) is 0 Å². The fourth-order valence-electron chi connectivity index (χ4n) is 0.546. The lowest BCUT2D eigenvalue weighted by molar-refractivity contribution is -0.141. The van der Waals surface area contributed by atoms with Crippen LogP contribution in [0, 0.1) is 0 Å². The van der Waals surface area contributed by atoms with Crippen LogP contribution in [0.3, 0.4) is 0 Å². The van der Waals surface area contributed by atoms with Gasteiger partial charge in [-0.15, -0.1) is 0 Å². The maximum absolute atomic E-state index is 10.2. The van der Waals surface area contributed by atoms with E-state index in [0.717, 1.165) is 19.1 Å². The third-order valence-electron chi connectivity index (χ3n) is 1.02. The van der Waals surface area contributed by atoms with Crippen molar-refractivity contribution < 1.29 is 14.3 Å². The number of rotatable bonds is 5. The van der Waals surface area contributed by atoms with Gasteiger partial charge in [-0.3, -0.25) is 4.79 Å². The summed E-state index contributed by atoms with van der Waals surface area (Å²) in [6.07, 6.45) is 3.00. The highest BCUT2D eigenvalue weighted by atomic mass is 16.5. The smallest absolute Gasteiger partial charge is 0.302 e. The Morgan fingerprint density at radius 3 is 2.70 bits per heavy atom. The highest BCUT2D eigenvalue weighted by Crippen LogP contribution is 1.92. The Morgan fingerprint density at radius 2 is 2.20 bits per heavy atom. The van der Waals surface area contributed by atoms with E-state index in [2.05, 4.69) is 4.74 Å². The van der Waals surface area contributed by atoms with Crippen LogP contribution in [0.15, 0.2) is 0 Å². The zero-order valence-electron chi connectivity index (χ0n) is 6.13. The number of hydrogen-bond acceptors (Lipinski definition) is 3. The second-order valence-corrected chi connectivity index (χ2v) is 2.00. The molecule has 0 aliphatic rings. The first-order valence-corrected chi connectivity index (χ1v) is 3.34. The molecule has 0 saturated heterocycles. The quantitative estimate of drug-likeness (QED) is 0.327. The lowest BCUT2D eigenvalue weighted by atomic mass is 10.3. The first-order chi connectivity index (χ1) is 4.77. The number of ether oxygens (including phenoxy) is 1. The van der Waals surface area contributed by atoms with Crippen molar-refractivity contribution in [2.45, 2.75) is 26.2 Å². The van der Waals surface area contributed by atoms with Gasteiger partial charge in [0.25, 0.3) is 0 Å². The van der Waals surface area contributed by atoms with Crippen LogP contribution in [0.5, 0.6) is 0 Å². The normalized spacial score (nSPS) is 8.90. The second kappa shape index (κ2) is 6.26. The van der Waals surface area contributed by atoms with Crippen LogP contribution in [0.25, 0.3) is 0 Å². The molecule has 0 N–H and O–H groups in total. The number of hydrogen-bond donors (Lipinski definition) is 0. The van der Waals surface area contributed by atoms with E-state index >= 15 is 0 Å². The van der Waals surface area contributed by atoms with Gasteiger partial charge in [-0.25, -0.2) is 0 Å². The Bertz CT molecular complexity index is 109. The first-order valence-electron chi connectivity index (χ1n) is 3.34. The summed E-state index contributed by atoms with van der Waals surface area (Å²) >= 11 is 0. The SMILES string of the molecule is CC(=O)OCCCCC=O. The molecule has 0 heterocycles. The van der Waals surface area contributed by atoms with Crippen molar-refractivity contribution in [2.75, 3.05) is 6.61 Å². The summed E-state index contributed by atoms with van der Waals surface area (Å²) in [6, 6.07) is 0. The van der Waals surface area contributed by atoms with Crippen molar-refractivity contribution in [1.29, 1.82) is 0 Å². The molecule has 0 atom stereocenters. The summed E-state index contributed by atoms with van der Waals surface area (Å²) in [6.45, 7) is 1.81. The van der Waals surface area contributed by atoms with Gasteiger partial charge in [-0.05, 0) is 12.8 Å². The molecule has 0 radical (unpaired) electrons. The minimum absolute atomic E-state index is 0.258. The Kier molecular flexibility index (Phi) is 5.72. The summed E-state index contributed by atoms with van der Waals surface area (Å²) in [5, 5.41) is 0. The molecule has 0 fully saturated rings. The van der Waals surface area contributed by atoms with Crippen molar-refractivity contribution in [2.24, 2.45) is 0 Å². The maximum atomic E-state index is 10.2. The van der Waals surface area contributed by atoms with Gasteiger partial charge >= 0.3 is 5.97 Å². The van der Waals surface area contributed by atoms with E-state index in [1.807, 2.05) is 0 Å². The standard InChI is InChI=1S/C7H12O3/c1-7(9)10-6-4-2-3-5-8/h5H,2-4,6H2,1H3. The van der Waals surface area contributed by atoms with E-state index in [9.17, 15) is 9.59 Å². The van der Waals surface area contributed by atoms with Crippen LogP contribution < -0.4 is 0 Å². The van der Waals surface area contributed by atoms with Gasteiger partial charge in [-0.1, -0.05) is 0 Å². The molecule has 0 unspecified atom stereocenters. The zero-order valence-corrected chi connectivity index (χ0v) is 6.13. The Morgan fingerprint density at radius 1 is 1.50 bits per heavy atom. The van der Waals surface area contributed by atoms with Crippen molar-refractivity contribution in [3.05, 3.63) is 0 Å². The topological polar surface area (TPSA) is 43.4 Å². The molecule has 0 rings (SSSR count). The highest BCUT2D eigenvalue weighted by molar-refractivity contribution is 5.65. The Labute approximate surface area is 60.4 Å². The maximum Gasteiger partial charge on any atom is 0.302 e. The Balaban J connectivity index is 2.90. The summed E-state index contributed by atoms with van der Waals surface area (Å²) < 4.78 is 4.63. The van der Waals surface area contributed by atoms with Gasteiger partial charge in [0.1, 0.15) is 6.29 Å². The van der Waals surface area contributed by atoms with Gasteiger partial charge in [0.2, 0.25) is 0 Å². The van der Waals surface area contributed by atoms with E-state index in [1.165, 1.54) is 6.92 Å². The van der Waals surface area contributed by atoms with Crippen LogP contribution in [-0.4, -0.2) is 18.9 Å². The molecule has 0 saturated carbocycles. The number of unbranched alkanes of at least 4 members (excludes halogenated alkanes) is 2. The zero-order chi connectivity index (χ0) is 7.82. The fraction of sp³-hybridized carbons (Fsp3) is 0.714. The molecule has 0 aliphatic heterocycles. The third-order valence-corrected chi connectivity index (χ3v) is 1.02. The average molecular weight is 144 g/mol. The second-order valence-electron chi connectivity index (χ2n) is 2.00.